The van der Waals surface area contributed by atoms with Crippen molar-refractivity contribution in [3.8, 4) is 0 Å². The Kier molecular flexibility index (Phi) is 6.67. The number of halogens is 4. The van der Waals surface area contributed by atoms with E-state index < -0.39 is 23.3 Å². The van der Waals surface area contributed by atoms with Crippen LogP contribution in [0.15, 0.2) is 42.5 Å². The van der Waals surface area contributed by atoms with Crippen molar-refractivity contribution in [2.75, 3.05) is 18.9 Å². The number of carbonyl (C=O) groups excluding carboxylic acids is 1. The summed E-state index contributed by atoms with van der Waals surface area (Å²) >= 11 is 5.85. The normalized spacial score (nSPS) is 11.7. The van der Waals surface area contributed by atoms with Crippen LogP contribution in [-0.2, 0) is 23.9 Å². The summed E-state index contributed by atoms with van der Waals surface area (Å²) < 4.78 is 39.2. The molecule has 0 bridgehead atoms. The first-order valence-corrected chi connectivity index (χ1v) is 8.50. The van der Waals surface area contributed by atoms with E-state index >= 15 is 0 Å². The number of likely N-dealkylation sites (N-methyl/N-ethyl adjacent to an activating group) is 1. The zero-order chi connectivity index (χ0) is 19.3. The number of nitrogens with one attached hydrogen (secondary N) is 1. The van der Waals surface area contributed by atoms with Gasteiger partial charge in [-0.2, -0.15) is 13.2 Å². The molecule has 2 rings (SSSR count). The topological polar surface area (TPSA) is 32.3 Å². The zero-order valence-electron chi connectivity index (χ0n) is 14.5. The molecule has 3 nitrogen and oxygen atoms in total. The summed E-state index contributed by atoms with van der Waals surface area (Å²) in [5, 5.41) is 2.14. The summed E-state index contributed by atoms with van der Waals surface area (Å²) in [4.78, 5) is 13.9. The van der Waals surface area contributed by atoms with Gasteiger partial charge < -0.3 is 5.32 Å². The lowest BCUT2D eigenvalue weighted by molar-refractivity contribution is -0.137. The molecular weight excluding hydrogens is 365 g/mol. The predicted molar refractivity (Wildman–Crippen MR) is 97.2 cm³/mol. The van der Waals surface area contributed by atoms with E-state index in [9.17, 15) is 18.0 Å². The number of benzene rings is 2. The molecule has 0 atom stereocenters. The standard InChI is InChI=1S/C19H20ClF3N2O/c1-3-13-7-9-14(10-8-13)11-25(2)12-17(26)24-18-15(19(21,22)23)5-4-6-16(18)20/h4-10H,3,11-12H2,1-2H3,(H,24,26). The molecule has 1 amide bonds. The lowest BCUT2D eigenvalue weighted by atomic mass is 10.1. The Balaban J connectivity index is 2.02. The SMILES string of the molecule is CCc1ccc(CN(C)CC(=O)Nc2c(Cl)cccc2C(F)(F)F)cc1. The van der Waals surface area contributed by atoms with Crippen molar-refractivity contribution in [2.24, 2.45) is 0 Å². The van der Waals surface area contributed by atoms with E-state index in [1.807, 2.05) is 24.3 Å². The van der Waals surface area contributed by atoms with Crippen LogP contribution in [0.3, 0.4) is 0 Å². The smallest absolute Gasteiger partial charge is 0.323 e. The molecule has 0 aliphatic heterocycles. The second-order valence-corrected chi connectivity index (χ2v) is 6.46. The maximum absolute atomic E-state index is 13.1. The molecule has 0 unspecified atom stereocenters. The number of amides is 1. The third-order valence-electron chi connectivity index (χ3n) is 3.88. The Bertz CT molecular complexity index is 760. The molecule has 7 heteroatoms. The fourth-order valence-corrected chi connectivity index (χ4v) is 2.78. The van der Waals surface area contributed by atoms with Crippen LogP contribution in [-0.4, -0.2) is 24.4 Å². The molecule has 0 spiro atoms. The third kappa shape index (κ3) is 5.47. The van der Waals surface area contributed by atoms with Crippen LogP contribution >= 0.6 is 11.6 Å². The highest BCUT2D eigenvalue weighted by molar-refractivity contribution is 6.34. The van der Waals surface area contributed by atoms with Crippen molar-refractivity contribution in [1.29, 1.82) is 0 Å². The lowest BCUT2D eigenvalue weighted by Gasteiger charge is -2.19. The van der Waals surface area contributed by atoms with Crippen molar-refractivity contribution in [3.05, 3.63) is 64.2 Å². The average molecular weight is 385 g/mol. The number of hydrogen-bond acceptors (Lipinski definition) is 2. The van der Waals surface area contributed by atoms with Gasteiger partial charge in [0.1, 0.15) is 0 Å². The lowest BCUT2D eigenvalue weighted by Crippen LogP contribution is -2.30. The van der Waals surface area contributed by atoms with Crippen LogP contribution in [0.25, 0.3) is 0 Å². The Labute approximate surface area is 155 Å². The summed E-state index contributed by atoms with van der Waals surface area (Å²) in [6.45, 7) is 2.51. The van der Waals surface area contributed by atoms with E-state index in [1.54, 1.807) is 11.9 Å². The molecule has 1 N–H and O–H groups in total. The van der Waals surface area contributed by atoms with E-state index in [2.05, 4.69) is 12.2 Å². The molecule has 0 aliphatic rings. The van der Waals surface area contributed by atoms with Gasteiger partial charge in [0.25, 0.3) is 0 Å². The molecule has 2 aromatic carbocycles. The fourth-order valence-electron chi connectivity index (χ4n) is 2.56. The molecule has 140 valence electrons. The van der Waals surface area contributed by atoms with Gasteiger partial charge in [0.2, 0.25) is 5.91 Å². The largest absolute Gasteiger partial charge is 0.418 e. The summed E-state index contributed by atoms with van der Waals surface area (Å²) in [7, 11) is 1.73. The minimum absolute atomic E-state index is 0.0575. The first-order valence-electron chi connectivity index (χ1n) is 8.12. The maximum Gasteiger partial charge on any atom is 0.418 e. The minimum Gasteiger partial charge on any atom is -0.323 e. The molecule has 0 saturated carbocycles. The van der Waals surface area contributed by atoms with Gasteiger partial charge in [-0.1, -0.05) is 48.9 Å². The molecule has 26 heavy (non-hydrogen) atoms. The van der Waals surface area contributed by atoms with E-state index in [1.165, 1.54) is 17.7 Å². The first-order chi connectivity index (χ1) is 12.2. The quantitative estimate of drug-likeness (QED) is 0.760. The molecular formula is C19H20ClF3N2O. The number of carbonyl (C=O) groups is 1. The van der Waals surface area contributed by atoms with Crippen LogP contribution in [0.2, 0.25) is 5.02 Å². The van der Waals surface area contributed by atoms with E-state index in [0.717, 1.165) is 18.1 Å². The highest BCUT2D eigenvalue weighted by Crippen LogP contribution is 2.38. The minimum atomic E-state index is -4.60. The van der Waals surface area contributed by atoms with Gasteiger partial charge in [0.15, 0.2) is 0 Å². The summed E-state index contributed by atoms with van der Waals surface area (Å²) in [6, 6.07) is 11.4. The van der Waals surface area contributed by atoms with Gasteiger partial charge in [-0.05, 0) is 36.7 Å². The fraction of sp³-hybridized carbons (Fsp3) is 0.316. The third-order valence-corrected chi connectivity index (χ3v) is 4.20. The van der Waals surface area contributed by atoms with Crippen molar-refractivity contribution in [3.63, 3.8) is 0 Å². The summed E-state index contributed by atoms with van der Waals surface area (Å²) in [6.07, 6.45) is -3.65. The second-order valence-electron chi connectivity index (χ2n) is 6.05. The first kappa shape index (κ1) is 20.3. The van der Waals surface area contributed by atoms with Gasteiger partial charge in [-0.25, -0.2) is 0 Å². The second kappa shape index (κ2) is 8.56. The van der Waals surface area contributed by atoms with Crippen LogP contribution in [0.1, 0.15) is 23.6 Å². The Morgan fingerprint density at radius 1 is 1.12 bits per heavy atom. The Morgan fingerprint density at radius 3 is 2.31 bits per heavy atom. The highest BCUT2D eigenvalue weighted by atomic mass is 35.5. The monoisotopic (exact) mass is 384 g/mol. The number of nitrogens with zero attached hydrogens (tertiary/aromatic N) is 1. The average Bonchev–Trinajstić information content (AvgIpc) is 2.56. The van der Waals surface area contributed by atoms with Gasteiger partial charge in [-0.15, -0.1) is 0 Å². The number of aryl methyl sites for hydroxylation is 1. The number of hydrogen-bond donors (Lipinski definition) is 1. The van der Waals surface area contributed by atoms with Crippen molar-refractivity contribution in [1.82, 2.24) is 4.90 Å². The number of alkyl halides is 3. The van der Waals surface area contributed by atoms with E-state index in [0.29, 0.717) is 6.54 Å². The zero-order valence-corrected chi connectivity index (χ0v) is 15.3. The van der Waals surface area contributed by atoms with Crippen LogP contribution in [0.4, 0.5) is 18.9 Å². The molecule has 0 aromatic heterocycles. The molecule has 0 heterocycles. The molecule has 0 fully saturated rings. The highest BCUT2D eigenvalue weighted by Gasteiger charge is 2.34. The van der Waals surface area contributed by atoms with Gasteiger partial charge >= 0.3 is 6.18 Å². The maximum atomic E-state index is 13.1. The Morgan fingerprint density at radius 2 is 1.73 bits per heavy atom. The molecule has 0 aliphatic carbocycles. The predicted octanol–water partition coefficient (Wildman–Crippen LogP) is 4.99. The summed E-state index contributed by atoms with van der Waals surface area (Å²) in [5.41, 5.74) is 0.863. The van der Waals surface area contributed by atoms with Crippen molar-refractivity contribution in [2.45, 2.75) is 26.1 Å². The number of anilines is 1. The van der Waals surface area contributed by atoms with Gasteiger partial charge in [0.05, 0.1) is 22.8 Å². The van der Waals surface area contributed by atoms with Gasteiger partial charge in [-0.3, -0.25) is 9.69 Å². The van der Waals surface area contributed by atoms with Gasteiger partial charge in [0, 0.05) is 6.54 Å². The number of rotatable bonds is 6. The van der Waals surface area contributed by atoms with Crippen LogP contribution < -0.4 is 5.32 Å². The van der Waals surface area contributed by atoms with Crippen molar-refractivity contribution >= 4 is 23.2 Å². The Hall–Kier alpha value is -2.05. The van der Waals surface area contributed by atoms with Crippen LogP contribution in [0.5, 0.6) is 0 Å². The molecule has 0 saturated heterocycles. The number of para-hydroxylation sites is 1. The van der Waals surface area contributed by atoms with E-state index in [4.69, 9.17) is 11.6 Å². The van der Waals surface area contributed by atoms with Crippen LogP contribution in [0, 0.1) is 0 Å². The van der Waals surface area contributed by atoms with Crippen molar-refractivity contribution < 1.29 is 18.0 Å². The van der Waals surface area contributed by atoms with E-state index in [-0.39, 0.29) is 11.6 Å². The molecule has 2 aromatic rings. The summed E-state index contributed by atoms with van der Waals surface area (Å²) in [5.74, 6) is -0.559. The molecule has 0 radical (unpaired) electrons.